The van der Waals surface area contributed by atoms with Crippen molar-refractivity contribution in [1.29, 1.82) is 0 Å². The second-order valence-electron chi connectivity index (χ2n) is 6.66. The van der Waals surface area contributed by atoms with Gasteiger partial charge in [-0.15, -0.1) is 0 Å². The number of carboxylic acid groups (broad SMARTS) is 2. The zero-order chi connectivity index (χ0) is 23.0. The number of carbonyl (C=O) groups is 4. The number of amides is 2. The summed E-state index contributed by atoms with van der Waals surface area (Å²) in [5.74, 6) is -4.86. The SMILES string of the molecule is [2H]N(C(=O)C(OC)c1ccc(Cl)cc1)[C@H](C(=O)N[C@@H](CCC(=O)O)C(=O)O)C(C)C. The van der Waals surface area contributed by atoms with E-state index < -0.39 is 54.3 Å². The summed E-state index contributed by atoms with van der Waals surface area (Å²) in [4.78, 5) is 47.6. The number of ether oxygens (including phenoxy) is 1. The zero-order valence-electron chi connectivity index (χ0n) is 17.3. The van der Waals surface area contributed by atoms with Crippen LogP contribution in [-0.4, -0.2) is 53.2 Å². The van der Waals surface area contributed by atoms with Crippen molar-refractivity contribution >= 4 is 35.4 Å². The predicted octanol–water partition coefficient (Wildman–Crippen LogP) is 1.60. The highest BCUT2D eigenvalue weighted by molar-refractivity contribution is 6.30. The molecular weight excluding hydrogens is 404 g/mol. The summed E-state index contributed by atoms with van der Waals surface area (Å²) < 4.78 is 13.4. The van der Waals surface area contributed by atoms with Crippen LogP contribution >= 0.6 is 11.6 Å². The Hall–Kier alpha value is -2.65. The van der Waals surface area contributed by atoms with Crippen LogP contribution in [0.2, 0.25) is 6.43 Å². The van der Waals surface area contributed by atoms with Crippen LogP contribution < -0.4 is 10.6 Å². The molecule has 0 fully saturated rings. The van der Waals surface area contributed by atoms with Gasteiger partial charge in [-0.2, -0.15) is 0 Å². The Labute approximate surface area is 174 Å². The molecule has 0 spiro atoms. The summed E-state index contributed by atoms with van der Waals surface area (Å²) in [6.07, 6.45) is -1.97. The van der Waals surface area contributed by atoms with Crippen LogP contribution in [0.5, 0.6) is 0 Å². The molecule has 0 saturated heterocycles. The first-order valence-corrected chi connectivity index (χ1v) is 9.22. The minimum atomic E-state index is -1.46. The van der Waals surface area contributed by atoms with Gasteiger partial charge in [0.05, 0.1) is 0 Å². The molecule has 0 aromatic heterocycles. The Bertz CT molecular complexity index is 773. The van der Waals surface area contributed by atoms with Crippen molar-refractivity contribution in [3.05, 3.63) is 34.9 Å². The highest BCUT2D eigenvalue weighted by atomic mass is 35.5. The molecule has 3 atom stereocenters. The zero-order valence-corrected chi connectivity index (χ0v) is 17.0. The second-order valence-corrected chi connectivity index (χ2v) is 7.09. The fraction of sp³-hybridized carbons (Fsp3) is 0.474. The Morgan fingerprint density at radius 2 is 1.72 bits per heavy atom. The second kappa shape index (κ2) is 11.4. The lowest BCUT2D eigenvalue weighted by atomic mass is 10.0. The maximum Gasteiger partial charge on any atom is 0.326 e. The number of carbonyl (C=O) groups excluding carboxylic acids is 2. The van der Waals surface area contributed by atoms with E-state index in [4.69, 9.17) is 22.9 Å². The van der Waals surface area contributed by atoms with Crippen molar-refractivity contribution in [2.45, 2.75) is 44.9 Å². The third-order valence-electron chi connectivity index (χ3n) is 4.06. The molecular formula is C19H25ClN2O7. The van der Waals surface area contributed by atoms with Gasteiger partial charge in [-0.25, -0.2) is 4.79 Å². The van der Waals surface area contributed by atoms with Crippen molar-refractivity contribution in [1.82, 2.24) is 10.6 Å². The third kappa shape index (κ3) is 7.71. The number of benzene rings is 1. The minimum Gasteiger partial charge on any atom is -0.481 e. The molecule has 0 aliphatic carbocycles. The van der Waals surface area contributed by atoms with Crippen LogP contribution in [0.1, 0.15) is 38.4 Å². The molecule has 1 aromatic carbocycles. The van der Waals surface area contributed by atoms with E-state index in [9.17, 15) is 24.3 Å². The van der Waals surface area contributed by atoms with Gasteiger partial charge in [0.25, 0.3) is 5.91 Å². The maximum absolute atomic E-state index is 12.9. The average Bonchev–Trinajstić information content (AvgIpc) is 2.66. The summed E-state index contributed by atoms with van der Waals surface area (Å²) >= 11 is 5.84. The van der Waals surface area contributed by atoms with Gasteiger partial charge >= 0.3 is 11.9 Å². The van der Waals surface area contributed by atoms with Crippen molar-refractivity contribution in [2.24, 2.45) is 5.92 Å². The van der Waals surface area contributed by atoms with E-state index in [0.717, 1.165) is 0 Å². The molecule has 2 amide bonds. The first-order valence-electron chi connectivity index (χ1n) is 9.29. The predicted molar refractivity (Wildman–Crippen MR) is 104 cm³/mol. The van der Waals surface area contributed by atoms with Crippen LogP contribution in [0, 0.1) is 5.92 Å². The molecule has 0 radical (unpaired) electrons. The fourth-order valence-corrected chi connectivity index (χ4v) is 2.64. The Morgan fingerprint density at radius 3 is 2.17 bits per heavy atom. The molecule has 0 bridgehead atoms. The molecule has 4 N–H and O–H groups in total. The van der Waals surface area contributed by atoms with Crippen LogP contribution in [-0.2, 0) is 23.9 Å². The molecule has 160 valence electrons. The maximum atomic E-state index is 12.9. The number of rotatable bonds is 11. The van der Waals surface area contributed by atoms with Crippen molar-refractivity contribution in [2.75, 3.05) is 7.11 Å². The van der Waals surface area contributed by atoms with E-state index in [0.29, 0.717) is 15.9 Å². The van der Waals surface area contributed by atoms with E-state index in [1.165, 1.54) is 7.11 Å². The lowest BCUT2D eigenvalue weighted by Crippen LogP contribution is -2.54. The lowest BCUT2D eigenvalue weighted by molar-refractivity contribution is -0.144. The molecule has 10 heteroatoms. The summed E-state index contributed by atoms with van der Waals surface area (Å²) in [5, 5.41) is 21.1. The minimum absolute atomic E-state index is 0.335. The Kier molecular flexibility index (Phi) is 8.88. The molecule has 0 saturated carbocycles. The van der Waals surface area contributed by atoms with Gasteiger partial charge in [0.15, 0.2) is 7.52 Å². The molecule has 1 unspecified atom stereocenters. The number of hydrogen-bond acceptors (Lipinski definition) is 5. The molecule has 0 aliphatic rings. The highest BCUT2D eigenvalue weighted by Crippen LogP contribution is 2.20. The Balaban J connectivity index is 3.04. The van der Waals surface area contributed by atoms with Gasteiger partial charge in [0, 0.05) is 18.6 Å². The van der Waals surface area contributed by atoms with E-state index in [1.807, 2.05) is 0 Å². The van der Waals surface area contributed by atoms with Crippen LogP contribution in [0.15, 0.2) is 24.3 Å². The normalized spacial score (nSPS) is 14.4. The summed E-state index contributed by atoms with van der Waals surface area (Å²) in [6.45, 7) is 3.19. The summed E-state index contributed by atoms with van der Waals surface area (Å²) in [7, 11) is 1.28. The number of nitrogens with one attached hydrogen (secondary N) is 2. The largest absolute Gasteiger partial charge is 0.481 e. The lowest BCUT2D eigenvalue weighted by Gasteiger charge is -2.26. The van der Waals surface area contributed by atoms with E-state index in [2.05, 4.69) is 5.32 Å². The average molecular weight is 430 g/mol. The van der Waals surface area contributed by atoms with Gasteiger partial charge in [-0.05, 0) is 30.0 Å². The monoisotopic (exact) mass is 429 g/mol. The summed E-state index contributed by atoms with van der Waals surface area (Å²) in [5.41, 5.74) is 0.428. The number of carboxylic acids is 2. The standard InChI is InChI=1S/C19H25ClN2O7/c1-10(2)15(17(25)21-13(19(27)28)8-9-14(23)24)22-18(26)16(29-3)11-4-6-12(20)7-5-11/h4-7,10,13,15-16H,8-9H2,1-3H3,(H,21,25)(H,22,26)(H,23,24)(H,27,28)/t13-,15-,16?/m0/s1/i/hD. The van der Waals surface area contributed by atoms with Crippen LogP contribution in [0.25, 0.3) is 0 Å². The molecule has 1 rings (SSSR count). The quantitative estimate of drug-likeness (QED) is 0.418. The van der Waals surface area contributed by atoms with Gasteiger partial charge in [0.1, 0.15) is 12.1 Å². The number of aliphatic carboxylic acids is 2. The van der Waals surface area contributed by atoms with E-state index in [1.54, 1.807) is 38.1 Å². The Morgan fingerprint density at radius 1 is 1.14 bits per heavy atom. The third-order valence-corrected chi connectivity index (χ3v) is 4.31. The van der Waals surface area contributed by atoms with Gasteiger partial charge in [0.2, 0.25) is 5.91 Å². The first kappa shape index (κ1) is 22.6. The fourth-order valence-electron chi connectivity index (χ4n) is 2.51. The van der Waals surface area contributed by atoms with Crippen molar-refractivity contribution < 1.29 is 35.5 Å². The number of hydrogen-bond donors (Lipinski definition) is 4. The molecule has 9 nitrogen and oxygen atoms in total. The van der Waals surface area contributed by atoms with Crippen LogP contribution in [0.4, 0.5) is 0 Å². The summed E-state index contributed by atoms with van der Waals surface area (Å²) in [6, 6.07) is 3.42. The molecule has 0 aliphatic heterocycles. The smallest absolute Gasteiger partial charge is 0.326 e. The van der Waals surface area contributed by atoms with Crippen molar-refractivity contribution in [3.63, 3.8) is 0 Å². The van der Waals surface area contributed by atoms with Gasteiger partial charge in [-0.3, -0.25) is 14.4 Å². The topological polar surface area (TPSA) is 142 Å². The van der Waals surface area contributed by atoms with E-state index >= 15 is 0 Å². The van der Waals surface area contributed by atoms with Crippen molar-refractivity contribution in [3.8, 4) is 0 Å². The number of halogens is 1. The van der Waals surface area contributed by atoms with Gasteiger partial charge < -0.3 is 25.6 Å². The van der Waals surface area contributed by atoms with Crippen LogP contribution in [0.3, 0.4) is 0 Å². The number of methoxy groups -OCH3 is 1. The molecule has 1 aromatic rings. The highest BCUT2D eigenvalue weighted by Gasteiger charge is 2.31. The first-order chi connectivity index (χ1) is 14.0. The molecule has 29 heavy (non-hydrogen) atoms. The van der Waals surface area contributed by atoms with E-state index in [-0.39, 0.29) is 6.42 Å². The van der Waals surface area contributed by atoms with Gasteiger partial charge in [-0.1, -0.05) is 37.6 Å². The molecule has 0 heterocycles.